The van der Waals surface area contributed by atoms with E-state index in [2.05, 4.69) is 20.3 Å². The number of rotatable bonds is 12. The van der Waals surface area contributed by atoms with Crippen molar-refractivity contribution in [3.8, 4) is 11.3 Å². The Kier molecular flexibility index (Phi) is 9.12. The minimum Gasteiger partial charge on any atom is -0.718 e. The number of carbonyl (C=O) groups excluding carboxylic acids is 4. The third-order valence-corrected chi connectivity index (χ3v) is 7.53. The number of aliphatic hydroxyl groups excluding tert-OH is 1. The molecule has 0 radical (unpaired) electrons. The maximum atomic E-state index is 13.6. The minimum absolute atomic E-state index is 0.0351. The number of ketones is 1. The Morgan fingerprint density at radius 3 is 2.45 bits per heavy atom. The Hall–Kier alpha value is -4.10. The normalized spacial score (nSPS) is 23.4. The first-order valence-corrected chi connectivity index (χ1v) is 14.0. The molecule has 0 saturated carbocycles. The quantitative estimate of drug-likeness (QED) is 0.248. The number of hydrogen-bond donors (Lipinski definition) is 3. The molecule has 12 nitrogen and oxygen atoms in total. The van der Waals surface area contributed by atoms with E-state index in [9.17, 15) is 29.1 Å². The van der Waals surface area contributed by atoms with Crippen LogP contribution in [0, 0.1) is 5.92 Å². The summed E-state index contributed by atoms with van der Waals surface area (Å²) in [6.45, 7) is 2.15. The van der Waals surface area contributed by atoms with Crippen LogP contribution >= 0.6 is 0 Å². The summed E-state index contributed by atoms with van der Waals surface area (Å²) in [4.78, 5) is 69.1. The lowest BCUT2D eigenvalue weighted by Crippen LogP contribution is -2.59. The van der Waals surface area contributed by atoms with Crippen molar-refractivity contribution < 1.29 is 43.0 Å². The van der Waals surface area contributed by atoms with Crippen molar-refractivity contribution in [3.05, 3.63) is 54.2 Å². The number of carbonyl (C=O) groups is 5. The van der Waals surface area contributed by atoms with Gasteiger partial charge in [0.25, 0.3) is 11.9 Å². The highest BCUT2D eigenvalue weighted by atomic mass is 16.8. The number of fused-ring (bicyclic) bond motifs is 2. The zero-order valence-electron chi connectivity index (χ0n) is 24.0. The van der Waals surface area contributed by atoms with Crippen LogP contribution in [0.25, 0.3) is 11.3 Å². The average Bonchev–Trinajstić information content (AvgIpc) is 3.15. The molecule has 2 aromatic rings. The summed E-state index contributed by atoms with van der Waals surface area (Å²) >= 11 is 0. The fourth-order valence-electron chi connectivity index (χ4n) is 5.55. The van der Waals surface area contributed by atoms with Gasteiger partial charge in [0.2, 0.25) is 5.91 Å². The van der Waals surface area contributed by atoms with E-state index in [4.69, 9.17) is 9.31 Å². The molecule has 1 aromatic carbocycles. The molecule has 3 heterocycles. The number of aliphatic carboxylic acids is 1. The maximum absolute atomic E-state index is 13.6. The summed E-state index contributed by atoms with van der Waals surface area (Å²) in [7, 11) is 1.39. The van der Waals surface area contributed by atoms with Gasteiger partial charge in [0.15, 0.2) is 11.4 Å². The summed E-state index contributed by atoms with van der Waals surface area (Å²) in [5, 5.41) is 15.5. The van der Waals surface area contributed by atoms with Crippen LogP contribution in [-0.2, 0) is 28.5 Å². The van der Waals surface area contributed by atoms with Gasteiger partial charge in [0, 0.05) is 17.4 Å². The first-order valence-electron chi connectivity index (χ1n) is 14.0. The van der Waals surface area contributed by atoms with Gasteiger partial charge in [-0.1, -0.05) is 56.7 Å². The van der Waals surface area contributed by atoms with Gasteiger partial charge >= 0.3 is 12.7 Å². The van der Waals surface area contributed by atoms with Gasteiger partial charge in [0.05, 0.1) is 18.2 Å². The molecule has 2 bridgehead atoms. The SMILES string of the molecule is CNC(=O)C[C@]12CC(=O)[OH+][B-]([C@@H](CC(=O)[C@@H](NC(=O)c3cccc(-c4ccccc4)n3)[C@@H](C)O)CC(C)C)(OC1=O)O2. The number of amides is 2. The second-order valence-electron chi connectivity index (χ2n) is 11.3. The molecule has 2 aliphatic rings. The number of aliphatic hydroxyl groups is 1. The molecule has 2 fully saturated rings. The van der Waals surface area contributed by atoms with E-state index in [0.717, 1.165) is 5.56 Å². The van der Waals surface area contributed by atoms with Crippen molar-refractivity contribution in [1.82, 2.24) is 15.6 Å². The van der Waals surface area contributed by atoms with E-state index in [1.807, 2.05) is 44.2 Å². The van der Waals surface area contributed by atoms with Gasteiger partial charge in [-0.15, -0.1) is 0 Å². The fraction of sp³-hybridized carbons (Fsp3) is 0.448. The predicted octanol–water partition coefficient (Wildman–Crippen LogP) is 1.45. The largest absolute Gasteiger partial charge is 0.718 e. The number of hydrogen-bond acceptors (Lipinski definition) is 9. The number of aromatic nitrogens is 1. The Bertz CT molecular complexity index is 1370. The van der Waals surface area contributed by atoms with Crippen LogP contribution < -0.4 is 10.6 Å². The number of Topliss-reactive ketones (excluding diaryl/α,β-unsaturated/α-hetero) is 1. The molecule has 1 unspecified atom stereocenters. The maximum Gasteiger partial charge on any atom is 0.576 e. The number of nitrogens with zero attached hydrogens (tertiary/aromatic N) is 1. The van der Waals surface area contributed by atoms with Crippen LogP contribution in [0.3, 0.4) is 0 Å². The van der Waals surface area contributed by atoms with E-state index in [0.29, 0.717) is 5.69 Å². The summed E-state index contributed by atoms with van der Waals surface area (Å²) in [6.07, 6.45) is -2.23. The van der Waals surface area contributed by atoms with Crippen molar-refractivity contribution in [1.29, 1.82) is 0 Å². The Morgan fingerprint density at radius 1 is 1.10 bits per heavy atom. The van der Waals surface area contributed by atoms with Crippen LogP contribution in [0.5, 0.6) is 0 Å². The lowest BCUT2D eigenvalue weighted by Gasteiger charge is -2.43. The van der Waals surface area contributed by atoms with Crippen molar-refractivity contribution in [2.45, 2.75) is 70.0 Å². The van der Waals surface area contributed by atoms with Crippen molar-refractivity contribution >= 4 is 36.3 Å². The van der Waals surface area contributed by atoms with E-state index in [1.54, 1.807) is 12.1 Å². The Labute approximate surface area is 243 Å². The molecule has 1 aromatic heterocycles. The van der Waals surface area contributed by atoms with Crippen LogP contribution in [0.2, 0.25) is 5.82 Å². The molecular formula is C29H36BN3O9. The number of pyridine rings is 1. The van der Waals surface area contributed by atoms with Crippen molar-refractivity contribution in [3.63, 3.8) is 0 Å². The van der Waals surface area contributed by atoms with Crippen molar-refractivity contribution in [2.24, 2.45) is 5.92 Å². The van der Waals surface area contributed by atoms with Gasteiger partial charge < -0.3 is 29.7 Å². The molecule has 42 heavy (non-hydrogen) atoms. The zero-order valence-corrected chi connectivity index (χ0v) is 24.0. The Morgan fingerprint density at radius 2 is 1.81 bits per heavy atom. The Balaban J connectivity index is 1.56. The smallest absolute Gasteiger partial charge is 0.576 e. The molecule has 4 rings (SSSR count). The van der Waals surface area contributed by atoms with E-state index in [-0.39, 0.29) is 24.5 Å². The van der Waals surface area contributed by atoms with E-state index < -0.39 is 72.7 Å². The molecule has 5 atom stereocenters. The molecule has 224 valence electrons. The summed E-state index contributed by atoms with van der Waals surface area (Å²) in [5.74, 6) is -4.22. The van der Waals surface area contributed by atoms with E-state index >= 15 is 0 Å². The zero-order chi connectivity index (χ0) is 30.7. The topological polar surface area (TPSA) is 174 Å². The van der Waals surface area contributed by atoms with Gasteiger partial charge in [-0.05, 0) is 37.2 Å². The van der Waals surface area contributed by atoms with Gasteiger partial charge in [-0.3, -0.25) is 19.2 Å². The molecule has 2 amide bonds. The second-order valence-corrected chi connectivity index (χ2v) is 11.3. The van der Waals surface area contributed by atoms with E-state index in [1.165, 1.54) is 20.0 Å². The molecule has 2 aliphatic heterocycles. The average molecular weight is 581 g/mol. The van der Waals surface area contributed by atoms with Gasteiger partial charge in [-0.25, -0.2) is 4.98 Å². The molecule has 13 heteroatoms. The monoisotopic (exact) mass is 581 g/mol. The summed E-state index contributed by atoms with van der Waals surface area (Å²) < 4.78 is 15.8. The summed E-state index contributed by atoms with van der Waals surface area (Å²) in [6, 6.07) is 12.8. The highest BCUT2D eigenvalue weighted by Gasteiger charge is 2.68. The fourth-order valence-corrected chi connectivity index (χ4v) is 5.55. The standard InChI is InChI=1S/C29H36BN3O9/c1-17(2)13-20(30-40-25(37)16-29(42-30,28(39)41-30)15-24(36)31-4)14-23(35)26(18(3)34)33-27(38)22-12-8-11-21(32-22)19-9-6-5-7-10-19/h5-12,17-18,20,26,34,40H,13-16H2,1-4H3,(H,31,36)(H,33,38)/t18-,20-,26+,29+,30?/m1/s1. The van der Waals surface area contributed by atoms with Crippen LogP contribution in [0.1, 0.15) is 56.9 Å². The highest BCUT2D eigenvalue weighted by molar-refractivity contribution is 6.67. The molecule has 4 N–H and O–H groups in total. The van der Waals surface area contributed by atoms with Crippen molar-refractivity contribution in [2.75, 3.05) is 7.05 Å². The molecule has 0 spiro atoms. The lowest BCUT2D eigenvalue weighted by atomic mass is 9.57. The third kappa shape index (κ3) is 6.52. The van der Waals surface area contributed by atoms with Crippen LogP contribution in [0.4, 0.5) is 0 Å². The number of benzene rings is 1. The molecule has 0 aliphatic carbocycles. The van der Waals surface area contributed by atoms with Crippen LogP contribution in [0.15, 0.2) is 48.5 Å². The summed E-state index contributed by atoms with van der Waals surface area (Å²) in [5.41, 5.74) is -0.412. The predicted molar refractivity (Wildman–Crippen MR) is 152 cm³/mol. The first-order chi connectivity index (χ1) is 19.9. The minimum atomic E-state index is -2.97. The second kappa shape index (κ2) is 12.4. The van der Waals surface area contributed by atoms with Crippen LogP contribution in [-0.4, -0.2) is 75.8 Å². The number of carboxylic acids is 1. The molecular weight excluding hydrogens is 545 g/mol. The third-order valence-electron chi connectivity index (χ3n) is 7.53. The first kappa shape index (κ1) is 30.9. The molecule has 2 saturated heterocycles. The van der Waals surface area contributed by atoms with Gasteiger partial charge in [0.1, 0.15) is 18.2 Å². The van der Waals surface area contributed by atoms with Gasteiger partial charge in [-0.2, -0.15) is 0 Å². The lowest BCUT2D eigenvalue weighted by molar-refractivity contribution is -0.169. The highest BCUT2D eigenvalue weighted by Crippen LogP contribution is 2.47. The number of nitrogens with one attached hydrogen (secondary N) is 2.